The smallest absolute Gasteiger partial charge is 0.126 e. The van der Waals surface area contributed by atoms with Crippen LogP contribution in [0.2, 0.25) is 46.2 Å². The van der Waals surface area contributed by atoms with Crippen LogP contribution < -0.4 is 0 Å². The van der Waals surface area contributed by atoms with E-state index in [4.69, 9.17) is 126 Å². The van der Waals surface area contributed by atoms with Crippen LogP contribution in [0.5, 0.6) is 0 Å². The predicted molar refractivity (Wildman–Crippen MR) is 130 cm³/mol. The highest BCUT2D eigenvalue weighted by molar-refractivity contribution is 7.64. The first-order valence-electron chi connectivity index (χ1n) is 7.60. The summed E-state index contributed by atoms with van der Waals surface area (Å²) in [6.45, 7) is 0. The van der Waals surface area contributed by atoms with Crippen LogP contribution in [0, 0.1) is 0 Å². The average molecular weight is 617 g/mol. The summed E-state index contributed by atoms with van der Waals surface area (Å²) in [5.74, 6) is -0.538. The SMILES string of the molecule is Clc1cc([C@H]2C[C@@H](C[Si](Cl)(Cl)Cl)c3c(Cl)c(Cl)c(Cl)c(Cl)c32)c(Cl)c(Cl)c1Cl. The number of halogens is 11. The third kappa shape index (κ3) is 4.49. The summed E-state index contributed by atoms with van der Waals surface area (Å²) in [5, 5.41) is 1.68. The molecule has 0 amide bonds. The first-order valence-corrected chi connectivity index (χ1v) is 15.9. The molecular formula is C16H7Cl11Si. The standard InChI is InChI=1S/C16H7Cl11Si/c17-7-2-6(10(18)14(22)11(7)19)5-1-4(3-28(25,26)27)8-9(5)13(21)16(24)15(23)12(8)20/h2,4-5H,1,3H2/t4-,5+/m0/s1. The van der Waals surface area contributed by atoms with Crippen LogP contribution in [0.25, 0.3) is 0 Å². The van der Waals surface area contributed by atoms with E-state index in [0.29, 0.717) is 29.2 Å². The third-order valence-electron chi connectivity index (χ3n) is 4.60. The molecule has 2 atom stereocenters. The van der Waals surface area contributed by atoms with Crippen LogP contribution in [0.4, 0.5) is 0 Å². The first kappa shape index (κ1) is 24.5. The van der Waals surface area contributed by atoms with Crippen molar-refractivity contribution in [3.05, 3.63) is 62.9 Å². The summed E-state index contributed by atoms with van der Waals surface area (Å²) in [5.41, 5.74) is 2.00. The lowest BCUT2D eigenvalue weighted by atomic mass is 9.92. The van der Waals surface area contributed by atoms with Gasteiger partial charge in [-0.2, -0.15) is 0 Å². The second kappa shape index (κ2) is 9.00. The van der Waals surface area contributed by atoms with E-state index in [1.807, 2.05) is 0 Å². The molecule has 0 heterocycles. The molecule has 152 valence electrons. The highest BCUT2D eigenvalue weighted by Crippen LogP contribution is 2.59. The Bertz CT molecular complexity index is 967. The lowest BCUT2D eigenvalue weighted by Crippen LogP contribution is -2.13. The summed E-state index contributed by atoms with van der Waals surface area (Å²) < 4.78 is 0. The Labute approximate surface area is 217 Å². The Morgan fingerprint density at radius 1 is 0.679 bits per heavy atom. The minimum atomic E-state index is -3.00. The zero-order chi connectivity index (χ0) is 21.1. The van der Waals surface area contributed by atoms with Crippen LogP contribution >= 0.6 is 126 Å². The monoisotopic (exact) mass is 612 g/mol. The maximum Gasteiger partial charge on any atom is 0.342 e. The molecular weight excluding hydrogens is 610 g/mol. The van der Waals surface area contributed by atoms with Gasteiger partial charge in [0.2, 0.25) is 0 Å². The van der Waals surface area contributed by atoms with Gasteiger partial charge in [-0.25, -0.2) is 0 Å². The van der Waals surface area contributed by atoms with Gasteiger partial charge in [-0.1, -0.05) is 92.8 Å². The average Bonchev–Trinajstić information content (AvgIpc) is 2.96. The summed E-state index contributed by atoms with van der Waals surface area (Å²) in [4.78, 5) is 0. The van der Waals surface area contributed by atoms with Crippen LogP contribution in [-0.4, -0.2) is 6.00 Å². The summed E-state index contributed by atoms with van der Waals surface area (Å²) in [6, 6.07) is -1.04. The largest absolute Gasteiger partial charge is 0.342 e. The Balaban J connectivity index is 2.29. The molecule has 0 bridgehead atoms. The molecule has 0 saturated carbocycles. The third-order valence-corrected chi connectivity index (χ3v) is 10.5. The second-order valence-corrected chi connectivity index (χ2v) is 18.5. The highest BCUT2D eigenvalue weighted by atomic mass is 35.8. The Morgan fingerprint density at radius 2 is 1.18 bits per heavy atom. The molecule has 0 N–H and O–H groups in total. The molecule has 0 fully saturated rings. The molecule has 28 heavy (non-hydrogen) atoms. The molecule has 0 aromatic heterocycles. The quantitative estimate of drug-likeness (QED) is 0.139. The fraction of sp³-hybridized carbons (Fsp3) is 0.250. The van der Waals surface area contributed by atoms with Crippen molar-refractivity contribution in [3.8, 4) is 0 Å². The van der Waals surface area contributed by atoms with Crippen LogP contribution in [0.15, 0.2) is 6.07 Å². The van der Waals surface area contributed by atoms with E-state index in [1.54, 1.807) is 6.07 Å². The molecule has 12 heteroatoms. The predicted octanol–water partition coefficient (Wildman–Crippen LogP) is 11.2. The van der Waals surface area contributed by atoms with Crippen LogP contribution in [-0.2, 0) is 0 Å². The zero-order valence-electron chi connectivity index (χ0n) is 13.3. The molecule has 1 aliphatic rings. The van der Waals surface area contributed by atoms with Gasteiger partial charge in [0.15, 0.2) is 0 Å². The van der Waals surface area contributed by atoms with Gasteiger partial charge in [0.25, 0.3) is 0 Å². The van der Waals surface area contributed by atoms with Crippen molar-refractivity contribution in [2.75, 3.05) is 0 Å². The Hall–Kier alpha value is 1.85. The van der Waals surface area contributed by atoms with Gasteiger partial charge in [-0.3, -0.25) is 0 Å². The molecule has 3 rings (SSSR count). The number of hydrogen-bond acceptors (Lipinski definition) is 0. The van der Waals surface area contributed by atoms with Gasteiger partial charge in [0.05, 0.1) is 40.2 Å². The number of rotatable bonds is 3. The second-order valence-electron chi connectivity index (χ2n) is 6.28. The normalized spacial score (nSPS) is 19.2. The van der Waals surface area contributed by atoms with Gasteiger partial charge in [-0.05, 0) is 41.1 Å². The van der Waals surface area contributed by atoms with Crippen molar-refractivity contribution < 1.29 is 0 Å². The zero-order valence-corrected chi connectivity index (χ0v) is 22.6. The lowest BCUT2D eigenvalue weighted by Gasteiger charge is -2.19. The minimum Gasteiger partial charge on any atom is -0.126 e. The lowest BCUT2D eigenvalue weighted by molar-refractivity contribution is 0.684. The van der Waals surface area contributed by atoms with Crippen molar-refractivity contribution in [1.29, 1.82) is 0 Å². The van der Waals surface area contributed by atoms with Gasteiger partial charge < -0.3 is 0 Å². The van der Waals surface area contributed by atoms with E-state index in [-0.39, 0.29) is 52.0 Å². The molecule has 2 aromatic carbocycles. The van der Waals surface area contributed by atoms with Gasteiger partial charge >= 0.3 is 6.00 Å². The number of fused-ring (bicyclic) bond motifs is 1. The van der Waals surface area contributed by atoms with Crippen LogP contribution in [0.1, 0.15) is 34.9 Å². The number of hydrogen-bond donors (Lipinski definition) is 0. The Morgan fingerprint density at radius 3 is 1.71 bits per heavy atom. The van der Waals surface area contributed by atoms with Crippen LogP contribution in [0.3, 0.4) is 0 Å². The van der Waals surface area contributed by atoms with Crippen molar-refractivity contribution in [2.24, 2.45) is 0 Å². The number of benzene rings is 2. The van der Waals surface area contributed by atoms with Gasteiger partial charge in [0.1, 0.15) is 0 Å². The summed E-state index contributed by atoms with van der Waals surface area (Å²) in [6.07, 6.45) is 0.514. The minimum absolute atomic E-state index is 0.145. The molecule has 0 nitrogen and oxygen atoms in total. The molecule has 0 unspecified atom stereocenters. The maximum absolute atomic E-state index is 6.56. The van der Waals surface area contributed by atoms with Gasteiger partial charge in [-0.15, -0.1) is 33.2 Å². The summed E-state index contributed by atoms with van der Waals surface area (Å²) in [7, 11) is 0. The molecule has 0 radical (unpaired) electrons. The van der Waals surface area contributed by atoms with E-state index in [9.17, 15) is 0 Å². The first-order chi connectivity index (χ1) is 12.8. The van der Waals surface area contributed by atoms with E-state index < -0.39 is 6.00 Å². The van der Waals surface area contributed by atoms with Crippen molar-refractivity contribution in [1.82, 2.24) is 0 Å². The Kier molecular flexibility index (Phi) is 7.87. The molecule has 0 aliphatic heterocycles. The van der Waals surface area contributed by atoms with Crippen molar-refractivity contribution >= 4 is 132 Å². The van der Waals surface area contributed by atoms with E-state index in [2.05, 4.69) is 0 Å². The molecule has 0 spiro atoms. The van der Waals surface area contributed by atoms with E-state index in [0.717, 1.165) is 0 Å². The van der Waals surface area contributed by atoms with Crippen molar-refractivity contribution in [2.45, 2.75) is 24.3 Å². The van der Waals surface area contributed by atoms with Crippen molar-refractivity contribution in [3.63, 3.8) is 0 Å². The highest BCUT2D eigenvalue weighted by Gasteiger charge is 2.43. The topological polar surface area (TPSA) is 0 Å². The maximum atomic E-state index is 6.56. The van der Waals surface area contributed by atoms with E-state index >= 15 is 0 Å². The fourth-order valence-electron chi connectivity index (χ4n) is 3.52. The molecule has 1 aliphatic carbocycles. The summed E-state index contributed by atoms with van der Waals surface area (Å²) >= 11 is 69.3. The fourth-order valence-corrected chi connectivity index (χ4v) is 8.24. The van der Waals surface area contributed by atoms with E-state index in [1.165, 1.54) is 0 Å². The molecule has 2 aromatic rings. The van der Waals surface area contributed by atoms with Gasteiger partial charge in [0, 0.05) is 5.92 Å². The molecule has 0 saturated heterocycles.